The molecule has 1 aliphatic rings. The Bertz CT molecular complexity index is 1660. The normalized spacial score (nSPS) is 14.8. The van der Waals surface area contributed by atoms with Crippen LogP contribution in [-0.4, -0.2) is 40.2 Å². The highest BCUT2D eigenvalue weighted by molar-refractivity contribution is 5.98. The fraction of sp³-hybridized carbons (Fsp3) is 0.267. The highest BCUT2D eigenvalue weighted by atomic mass is 19.1. The Balaban J connectivity index is 1.47. The standard InChI is InChI=1S/C30H29FN4O5/c31-24-10-4-5-11-25(24)33-27(36)19-34-26-17-21(28(37)32-15-14-20-7-2-1-3-8-20)12-13-23(26)29(38)35(30(34)39)18-22-9-6-16-40-22/h1-5,7-8,10-13,17,22H,6,9,14-16,18-19H2,(H,32,37)(H,33,36)/t22-/m1/s1. The van der Waals surface area contributed by atoms with Crippen LogP contribution in [0.5, 0.6) is 0 Å². The van der Waals surface area contributed by atoms with Crippen molar-refractivity contribution in [1.82, 2.24) is 14.5 Å². The lowest BCUT2D eigenvalue weighted by atomic mass is 10.1. The van der Waals surface area contributed by atoms with Crippen molar-refractivity contribution in [3.8, 4) is 0 Å². The third-order valence-corrected chi connectivity index (χ3v) is 6.89. The zero-order chi connectivity index (χ0) is 28.1. The molecular formula is C30H29FN4O5. The van der Waals surface area contributed by atoms with Gasteiger partial charge in [0.1, 0.15) is 12.4 Å². The Kier molecular flexibility index (Phi) is 8.16. The molecule has 1 fully saturated rings. The Morgan fingerprint density at radius 2 is 1.75 bits per heavy atom. The van der Waals surface area contributed by atoms with Crippen LogP contribution in [0.15, 0.2) is 82.4 Å². The number of nitrogens with one attached hydrogen (secondary N) is 2. The Morgan fingerprint density at radius 3 is 2.50 bits per heavy atom. The Morgan fingerprint density at radius 1 is 0.975 bits per heavy atom. The lowest BCUT2D eigenvalue weighted by Gasteiger charge is -2.17. The molecule has 0 unspecified atom stereocenters. The summed E-state index contributed by atoms with van der Waals surface area (Å²) in [5.74, 6) is -1.66. The second-order valence-electron chi connectivity index (χ2n) is 9.67. The van der Waals surface area contributed by atoms with Gasteiger partial charge in [0, 0.05) is 18.7 Å². The van der Waals surface area contributed by atoms with Gasteiger partial charge in [0.25, 0.3) is 11.5 Å². The van der Waals surface area contributed by atoms with Crippen LogP contribution in [0.2, 0.25) is 0 Å². The van der Waals surface area contributed by atoms with Gasteiger partial charge in [-0.25, -0.2) is 9.18 Å². The summed E-state index contributed by atoms with van der Waals surface area (Å²) in [6.45, 7) is 0.496. The van der Waals surface area contributed by atoms with E-state index in [0.717, 1.165) is 21.1 Å². The summed E-state index contributed by atoms with van der Waals surface area (Å²) >= 11 is 0. The number of aromatic nitrogens is 2. The van der Waals surface area contributed by atoms with Crippen LogP contribution in [0.4, 0.5) is 10.1 Å². The molecular weight excluding hydrogens is 515 g/mol. The monoisotopic (exact) mass is 544 g/mol. The highest BCUT2D eigenvalue weighted by Gasteiger charge is 2.22. The van der Waals surface area contributed by atoms with E-state index >= 15 is 0 Å². The number of anilines is 1. The van der Waals surface area contributed by atoms with Crippen LogP contribution < -0.4 is 21.9 Å². The van der Waals surface area contributed by atoms with Crippen molar-refractivity contribution in [2.45, 2.75) is 38.5 Å². The first-order valence-corrected chi connectivity index (χ1v) is 13.2. The number of carbonyl (C=O) groups excluding carboxylic acids is 2. The SMILES string of the molecule is O=C(Cn1c(=O)n(C[C@H]2CCCO2)c(=O)c2ccc(C(=O)NCCc3ccccc3)cc21)Nc1ccccc1F. The van der Waals surface area contributed by atoms with Crippen molar-refractivity contribution in [2.24, 2.45) is 0 Å². The topological polar surface area (TPSA) is 111 Å². The summed E-state index contributed by atoms with van der Waals surface area (Å²) in [7, 11) is 0. The zero-order valence-corrected chi connectivity index (χ0v) is 21.8. The van der Waals surface area contributed by atoms with E-state index in [1.807, 2.05) is 30.3 Å². The number of ether oxygens (including phenoxy) is 1. The molecule has 0 spiro atoms. The van der Waals surface area contributed by atoms with Crippen molar-refractivity contribution in [3.05, 3.63) is 111 Å². The molecule has 2 amide bonds. The number of carbonyl (C=O) groups is 2. The second-order valence-corrected chi connectivity index (χ2v) is 9.67. The number of hydrogen-bond acceptors (Lipinski definition) is 5. The van der Waals surface area contributed by atoms with E-state index < -0.39 is 29.5 Å². The Hall–Kier alpha value is -4.57. The summed E-state index contributed by atoms with van der Waals surface area (Å²) in [4.78, 5) is 52.8. The van der Waals surface area contributed by atoms with E-state index in [4.69, 9.17) is 4.74 Å². The van der Waals surface area contributed by atoms with Crippen LogP contribution in [0, 0.1) is 5.82 Å². The fourth-order valence-electron chi connectivity index (χ4n) is 4.83. The largest absolute Gasteiger partial charge is 0.376 e. The fourth-order valence-corrected chi connectivity index (χ4v) is 4.83. The van der Waals surface area contributed by atoms with Crippen LogP contribution >= 0.6 is 0 Å². The van der Waals surface area contributed by atoms with Crippen molar-refractivity contribution in [2.75, 3.05) is 18.5 Å². The van der Waals surface area contributed by atoms with Crippen molar-refractivity contribution in [1.29, 1.82) is 0 Å². The highest BCUT2D eigenvalue weighted by Crippen LogP contribution is 2.16. The summed E-state index contributed by atoms with van der Waals surface area (Å²) < 4.78 is 22.0. The van der Waals surface area contributed by atoms with Gasteiger partial charge >= 0.3 is 5.69 Å². The van der Waals surface area contributed by atoms with E-state index in [1.165, 1.54) is 36.4 Å². The molecule has 2 heterocycles. The van der Waals surface area contributed by atoms with E-state index in [9.17, 15) is 23.6 Å². The molecule has 9 nitrogen and oxygen atoms in total. The second kappa shape index (κ2) is 12.1. The van der Waals surface area contributed by atoms with Gasteiger partial charge in [-0.05, 0) is 55.2 Å². The van der Waals surface area contributed by atoms with Crippen molar-refractivity contribution >= 4 is 28.4 Å². The maximum atomic E-state index is 14.1. The maximum Gasteiger partial charge on any atom is 0.332 e. The number of hydrogen-bond donors (Lipinski definition) is 2. The first kappa shape index (κ1) is 27.0. The predicted molar refractivity (Wildman–Crippen MR) is 149 cm³/mol. The molecule has 3 aromatic carbocycles. The van der Waals surface area contributed by atoms with Crippen LogP contribution in [0.1, 0.15) is 28.8 Å². The van der Waals surface area contributed by atoms with Crippen molar-refractivity contribution in [3.63, 3.8) is 0 Å². The zero-order valence-electron chi connectivity index (χ0n) is 21.8. The van der Waals surface area contributed by atoms with Gasteiger partial charge in [0.15, 0.2) is 0 Å². The molecule has 206 valence electrons. The first-order chi connectivity index (χ1) is 19.4. The van der Waals surface area contributed by atoms with Gasteiger partial charge < -0.3 is 15.4 Å². The summed E-state index contributed by atoms with van der Waals surface area (Å²) in [5.41, 5.74) is 0.173. The summed E-state index contributed by atoms with van der Waals surface area (Å²) in [6, 6.07) is 19.8. The van der Waals surface area contributed by atoms with Gasteiger partial charge in [-0.3, -0.25) is 23.5 Å². The minimum Gasteiger partial charge on any atom is -0.376 e. The number of para-hydroxylation sites is 1. The number of halogens is 1. The maximum absolute atomic E-state index is 14.1. The first-order valence-electron chi connectivity index (χ1n) is 13.2. The van der Waals surface area contributed by atoms with E-state index in [0.29, 0.717) is 26.0 Å². The van der Waals surface area contributed by atoms with Gasteiger partial charge in [-0.1, -0.05) is 42.5 Å². The molecule has 0 saturated carbocycles. The predicted octanol–water partition coefficient (Wildman–Crippen LogP) is 3.09. The molecule has 1 aliphatic heterocycles. The third-order valence-electron chi connectivity index (χ3n) is 6.89. The molecule has 10 heteroatoms. The molecule has 0 aliphatic carbocycles. The Labute approximate surface area is 229 Å². The molecule has 0 bridgehead atoms. The molecule has 5 rings (SSSR count). The van der Waals surface area contributed by atoms with E-state index in [-0.39, 0.29) is 40.7 Å². The molecule has 1 saturated heterocycles. The van der Waals surface area contributed by atoms with Gasteiger partial charge in [0.05, 0.1) is 29.2 Å². The van der Waals surface area contributed by atoms with Crippen LogP contribution in [0.3, 0.4) is 0 Å². The average Bonchev–Trinajstić information content (AvgIpc) is 3.48. The van der Waals surface area contributed by atoms with Crippen LogP contribution in [-0.2, 0) is 29.0 Å². The number of rotatable bonds is 9. The number of amides is 2. The van der Waals surface area contributed by atoms with Crippen molar-refractivity contribution < 1.29 is 18.7 Å². The molecule has 40 heavy (non-hydrogen) atoms. The van der Waals surface area contributed by atoms with E-state index in [2.05, 4.69) is 10.6 Å². The van der Waals surface area contributed by atoms with E-state index in [1.54, 1.807) is 6.07 Å². The van der Waals surface area contributed by atoms with Gasteiger partial charge in [-0.15, -0.1) is 0 Å². The molecule has 4 aromatic rings. The van der Waals surface area contributed by atoms with Gasteiger partial charge in [0.2, 0.25) is 5.91 Å². The molecule has 2 N–H and O–H groups in total. The lowest BCUT2D eigenvalue weighted by Crippen LogP contribution is -2.43. The molecule has 1 aromatic heterocycles. The molecule has 0 radical (unpaired) electrons. The third kappa shape index (κ3) is 6.02. The number of fused-ring (bicyclic) bond motifs is 1. The lowest BCUT2D eigenvalue weighted by molar-refractivity contribution is -0.116. The quantitative estimate of drug-likeness (QED) is 0.337. The smallest absolute Gasteiger partial charge is 0.332 e. The van der Waals surface area contributed by atoms with Crippen LogP contribution in [0.25, 0.3) is 10.9 Å². The minimum atomic E-state index is -0.710. The number of nitrogens with zero attached hydrogens (tertiary/aromatic N) is 2. The molecule has 1 atom stereocenters. The van der Waals surface area contributed by atoms with Gasteiger partial charge in [-0.2, -0.15) is 0 Å². The summed E-state index contributed by atoms with van der Waals surface area (Å²) in [6.07, 6.45) is 1.88. The number of benzene rings is 3. The summed E-state index contributed by atoms with van der Waals surface area (Å²) in [5, 5.41) is 5.50. The minimum absolute atomic E-state index is 0.0315. The average molecular weight is 545 g/mol.